The van der Waals surface area contributed by atoms with E-state index in [2.05, 4.69) is 40.2 Å². The summed E-state index contributed by atoms with van der Waals surface area (Å²) in [5, 5.41) is 1.35. The first-order chi connectivity index (χ1) is 13.3. The van der Waals surface area contributed by atoms with Gasteiger partial charge >= 0.3 is 0 Å². The molecule has 0 amide bonds. The molecule has 0 bridgehead atoms. The van der Waals surface area contributed by atoms with Gasteiger partial charge in [-0.05, 0) is 24.5 Å². The third kappa shape index (κ3) is 3.09. The molecule has 5 rings (SSSR count). The largest absolute Gasteiger partial charge is 0.381 e. The van der Waals surface area contributed by atoms with Gasteiger partial charge in [-0.1, -0.05) is 18.2 Å². The van der Waals surface area contributed by atoms with Crippen molar-refractivity contribution in [3.05, 3.63) is 53.1 Å². The van der Waals surface area contributed by atoms with Crippen LogP contribution in [0.3, 0.4) is 0 Å². The molecule has 140 valence electrons. The predicted octanol–water partition coefficient (Wildman–Crippen LogP) is 3.17. The van der Waals surface area contributed by atoms with Crippen LogP contribution in [0.15, 0.2) is 30.3 Å². The average Bonchev–Trinajstić information content (AvgIpc) is 3.35. The Balaban J connectivity index is 1.48. The number of aromatic amines is 1. The van der Waals surface area contributed by atoms with E-state index < -0.39 is 0 Å². The van der Waals surface area contributed by atoms with Crippen LogP contribution in [0.1, 0.15) is 35.1 Å². The second-order valence-corrected chi connectivity index (χ2v) is 7.36. The van der Waals surface area contributed by atoms with E-state index in [1.54, 1.807) is 7.11 Å². The SMILES string of the molecule is COCc1nc([C@@H]2CCOC2)cc(N2CCc3c([nH]c4ccccc34)C2)n1. The lowest BCUT2D eigenvalue weighted by Gasteiger charge is -2.29. The van der Waals surface area contributed by atoms with Crippen LogP contribution in [0, 0.1) is 0 Å². The molecule has 0 radical (unpaired) electrons. The Kier molecular flexibility index (Phi) is 4.30. The van der Waals surface area contributed by atoms with Crippen LogP contribution >= 0.6 is 0 Å². The van der Waals surface area contributed by atoms with Gasteiger partial charge in [0.05, 0.1) is 18.8 Å². The van der Waals surface area contributed by atoms with Gasteiger partial charge in [-0.15, -0.1) is 0 Å². The van der Waals surface area contributed by atoms with Gasteiger partial charge < -0.3 is 19.4 Å². The molecule has 2 aliphatic heterocycles. The highest BCUT2D eigenvalue weighted by Crippen LogP contribution is 2.31. The topological polar surface area (TPSA) is 63.3 Å². The molecule has 3 aromatic rings. The molecule has 4 heterocycles. The molecule has 0 saturated carbocycles. The summed E-state index contributed by atoms with van der Waals surface area (Å²) in [6.45, 7) is 3.79. The minimum absolute atomic E-state index is 0.357. The van der Waals surface area contributed by atoms with Crippen molar-refractivity contribution in [2.75, 3.05) is 31.8 Å². The molecule has 1 aromatic carbocycles. The third-order valence-corrected chi connectivity index (χ3v) is 5.61. The number of aromatic nitrogens is 3. The van der Waals surface area contributed by atoms with E-state index in [-0.39, 0.29) is 0 Å². The highest BCUT2D eigenvalue weighted by atomic mass is 16.5. The van der Waals surface area contributed by atoms with Gasteiger partial charge in [0.25, 0.3) is 0 Å². The van der Waals surface area contributed by atoms with Crippen molar-refractivity contribution in [3.63, 3.8) is 0 Å². The first-order valence-corrected chi connectivity index (χ1v) is 9.60. The van der Waals surface area contributed by atoms with Gasteiger partial charge in [-0.2, -0.15) is 0 Å². The molecule has 1 fully saturated rings. The second kappa shape index (κ2) is 6.94. The van der Waals surface area contributed by atoms with Crippen molar-refractivity contribution in [3.8, 4) is 0 Å². The van der Waals surface area contributed by atoms with Gasteiger partial charge in [-0.25, -0.2) is 9.97 Å². The van der Waals surface area contributed by atoms with E-state index in [0.29, 0.717) is 12.5 Å². The predicted molar refractivity (Wildman–Crippen MR) is 104 cm³/mol. The van der Waals surface area contributed by atoms with Crippen LogP contribution in [0.5, 0.6) is 0 Å². The van der Waals surface area contributed by atoms with Crippen molar-refractivity contribution < 1.29 is 9.47 Å². The molecule has 1 atom stereocenters. The molecular formula is C21H24N4O2. The fourth-order valence-corrected chi connectivity index (χ4v) is 4.22. The first-order valence-electron chi connectivity index (χ1n) is 9.60. The monoisotopic (exact) mass is 364 g/mol. The number of nitrogens with zero attached hydrogens (tertiary/aromatic N) is 3. The van der Waals surface area contributed by atoms with Gasteiger partial charge in [0.2, 0.25) is 0 Å². The number of rotatable bonds is 4. The summed E-state index contributed by atoms with van der Waals surface area (Å²) in [6.07, 6.45) is 2.04. The third-order valence-electron chi connectivity index (χ3n) is 5.61. The smallest absolute Gasteiger partial charge is 0.156 e. The molecule has 2 aliphatic rings. The lowest BCUT2D eigenvalue weighted by Crippen LogP contribution is -2.31. The number of benzene rings is 1. The minimum Gasteiger partial charge on any atom is -0.381 e. The first kappa shape index (κ1) is 16.7. The highest BCUT2D eigenvalue weighted by Gasteiger charge is 2.25. The zero-order chi connectivity index (χ0) is 18.2. The minimum atomic E-state index is 0.357. The zero-order valence-corrected chi connectivity index (χ0v) is 15.6. The van der Waals surface area contributed by atoms with E-state index in [1.807, 2.05) is 0 Å². The van der Waals surface area contributed by atoms with E-state index in [0.717, 1.165) is 56.5 Å². The Hall–Kier alpha value is -2.44. The molecule has 6 nitrogen and oxygen atoms in total. The summed E-state index contributed by atoms with van der Waals surface area (Å²) in [6, 6.07) is 10.7. The number of hydrogen-bond acceptors (Lipinski definition) is 5. The van der Waals surface area contributed by atoms with E-state index in [4.69, 9.17) is 19.4 Å². The second-order valence-electron chi connectivity index (χ2n) is 7.36. The summed E-state index contributed by atoms with van der Waals surface area (Å²) >= 11 is 0. The number of nitrogens with one attached hydrogen (secondary N) is 1. The molecular weight excluding hydrogens is 340 g/mol. The van der Waals surface area contributed by atoms with Gasteiger partial charge in [-0.3, -0.25) is 0 Å². The lowest BCUT2D eigenvalue weighted by molar-refractivity contribution is 0.177. The number of H-pyrrole nitrogens is 1. The van der Waals surface area contributed by atoms with Crippen LogP contribution in [-0.4, -0.2) is 41.8 Å². The number of methoxy groups -OCH3 is 1. The highest BCUT2D eigenvalue weighted by molar-refractivity contribution is 5.85. The molecule has 1 saturated heterocycles. The quantitative estimate of drug-likeness (QED) is 0.770. The summed E-state index contributed by atoms with van der Waals surface area (Å²) in [5.74, 6) is 2.10. The number of fused-ring (bicyclic) bond motifs is 3. The van der Waals surface area contributed by atoms with Crippen LogP contribution in [0.4, 0.5) is 5.82 Å². The summed E-state index contributed by atoms with van der Waals surface area (Å²) in [7, 11) is 1.69. The molecule has 0 spiro atoms. The normalized spacial score (nSPS) is 19.6. The fraction of sp³-hybridized carbons (Fsp3) is 0.429. The maximum atomic E-state index is 5.57. The summed E-state index contributed by atoms with van der Waals surface area (Å²) < 4.78 is 10.9. The molecule has 1 N–H and O–H groups in total. The number of ether oxygens (including phenoxy) is 2. The van der Waals surface area contributed by atoms with Crippen molar-refractivity contribution in [1.29, 1.82) is 0 Å². The average molecular weight is 364 g/mol. The van der Waals surface area contributed by atoms with Crippen LogP contribution < -0.4 is 4.90 Å². The van der Waals surface area contributed by atoms with Gasteiger partial charge in [0.1, 0.15) is 12.4 Å². The van der Waals surface area contributed by atoms with Crippen LogP contribution in [0.2, 0.25) is 0 Å². The Morgan fingerprint density at radius 1 is 1.30 bits per heavy atom. The Morgan fingerprint density at radius 2 is 2.22 bits per heavy atom. The molecule has 0 unspecified atom stereocenters. The van der Waals surface area contributed by atoms with E-state index >= 15 is 0 Å². The Labute approximate surface area is 158 Å². The molecule has 27 heavy (non-hydrogen) atoms. The van der Waals surface area contributed by atoms with Crippen LogP contribution in [-0.2, 0) is 29.0 Å². The van der Waals surface area contributed by atoms with Crippen LogP contribution in [0.25, 0.3) is 10.9 Å². The van der Waals surface area contributed by atoms with Crippen molar-refractivity contribution >= 4 is 16.7 Å². The number of hydrogen-bond donors (Lipinski definition) is 1. The van der Waals surface area contributed by atoms with Crippen molar-refractivity contribution in [1.82, 2.24) is 15.0 Å². The summed E-state index contributed by atoms with van der Waals surface area (Å²) in [5.41, 5.74) is 5.03. The summed E-state index contributed by atoms with van der Waals surface area (Å²) in [4.78, 5) is 15.4. The molecule has 2 aromatic heterocycles. The van der Waals surface area contributed by atoms with Crippen molar-refractivity contribution in [2.24, 2.45) is 0 Å². The standard InChI is InChI=1S/C21H24N4O2/c1-26-13-20-23-18(14-7-9-27-12-14)10-21(24-20)25-8-6-16-15-4-2-3-5-17(15)22-19(16)11-25/h2-5,10,14,22H,6-9,11-13H2,1H3/t14-/m1/s1. The van der Waals surface area contributed by atoms with E-state index in [1.165, 1.54) is 22.2 Å². The Bertz CT molecular complexity index is 962. The maximum Gasteiger partial charge on any atom is 0.156 e. The van der Waals surface area contributed by atoms with Gasteiger partial charge in [0.15, 0.2) is 5.82 Å². The lowest BCUT2D eigenvalue weighted by atomic mass is 10.0. The Morgan fingerprint density at radius 3 is 3.07 bits per heavy atom. The zero-order valence-electron chi connectivity index (χ0n) is 15.6. The number of anilines is 1. The number of para-hydroxylation sites is 1. The van der Waals surface area contributed by atoms with Crippen molar-refractivity contribution in [2.45, 2.75) is 31.9 Å². The van der Waals surface area contributed by atoms with Gasteiger partial charge in [0, 0.05) is 48.8 Å². The molecule has 0 aliphatic carbocycles. The maximum absolute atomic E-state index is 5.57. The van der Waals surface area contributed by atoms with E-state index in [9.17, 15) is 0 Å². The fourth-order valence-electron chi connectivity index (χ4n) is 4.22. The molecule has 6 heteroatoms.